The zero-order valence-electron chi connectivity index (χ0n) is 7.53. The Morgan fingerprint density at radius 1 is 1.69 bits per heavy atom. The number of amides is 1. The van der Waals surface area contributed by atoms with Gasteiger partial charge in [-0.15, -0.1) is 0 Å². The third kappa shape index (κ3) is 2.83. The first-order valence-corrected chi connectivity index (χ1v) is 4.16. The van der Waals surface area contributed by atoms with Crippen LogP contribution in [-0.2, 0) is 0 Å². The summed E-state index contributed by atoms with van der Waals surface area (Å²) in [6.07, 6.45) is 1.59. The molecule has 0 aromatic carbocycles. The molecule has 4 heteroatoms. The molecule has 1 unspecified atom stereocenters. The average Bonchev–Trinajstić information content (AvgIpc) is 2.19. The van der Waals surface area contributed by atoms with Crippen molar-refractivity contribution in [1.82, 2.24) is 10.3 Å². The lowest BCUT2D eigenvalue weighted by molar-refractivity contribution is 0.0936. The van der Waals surface area contributed by atoms with Crippen LogP contribution in [-0.4, -0.2) is 23.5 Å². The van der Waals surface area contributed by atoms with Crippen LogP contribution in [0, 0.1) is 0 Å². The molecule has 0 aliphatic carbocycles. The summed E-state index contributed by atoms with van der Waals surface area (Å²) < 4.78 is 0. The van der Waals surface area contributed by atoms with E-state index >= 15 is 0 Å². The van der Waals surface area contributed by atoms with Gasteiger partial charge in [0.25, 0.3) is 5.91 Å². The lowest BCUT2D eigenvalue weighted by atomic mass is 10.3. The van der Waals surface area contributed by atoms with Gasteiger partial charge < -0.3 is 11.1 Å². The lowest BCUT2D eigenvalue weighted by Gasteiger charge is -2.09. The monoisotopic (exact) mass is 179 g/mol. The summed E-state index contributed by atoms with van der Waals surface area (Å²) in [5.41, 5.74) is 5.78. The number of hydrogen-bond donors (Lipinski definition) is 2. The highest BCUT2D eigenvalue weighted by atomic mass is 16.1. The number of nitrogens with one attached hydrogen (secondary N) is 1. The van der Waals surface area contributed by atoms with Crippen molar-refractivity contribution in [3.05, 3.63) is 30.1 Å². The molecule has 4 nitrogen and oxygen atoms in total. The van der Waals surface area contributed by atoms with Crippen LogP contribution in [0.15, 0.2) is 24.4 Å². The molecule has 0 bridgehead atoms. The molecule has 0 fully saturated rings. The Morgan fingerprint density at radius 3 is 3.00 bits per heavy atom. The van der Waals surface area contributed by atoms with Gasteiger partial charge in [0.1, 0.15) is 5.69 Å². The molecule has 0 saturated heterocycles. The molecule has 3 N–H and O–H groups in total. The topological polar surface area (TPSA) is 68.0 Å². The van der Waals surface area contributed by atoms with Gasteiger partial charge in [0.05, 0.1) is 0 Å². The number of nitrogens with zero attached hydrogens (tertiary/aromatic N) is 1. The highest BCUT2D eigenvalue weighted by molar-refractivity contribution is 5.92. The van der Waals surface area contributed by atoms with E-state index in [0.717, 1.165) is 0 Å². The van der Waals surface area contributed by atoms with Crippen molar-refractivity contribution in [3.63, 3.8) is 0 Å². The first-order valence-electron chi connectivity index (χ1n) is 4.16. The van der Waals surface area contributed by atoms with E-state index in [9.17, 15) is 4.79 Å². The summed E-state index contributed by atoms with van der Waals surface area (Å²) in [6, 6.07) is 5.19. The molecule has 0 saturated carbocycles. The highest BCUT2D eigenvalue weighted by Crippen LogP contribution is 1.93. The zero-order valence-corrected chi connectivity index (χ0v) is 7.53. The molecule has 0 aliphatic rings. The number of nitrogens with two attached hydrogens (primary N) is 1. The smallest absolute Gasteiger partial charge is 0.270 e. The second-order valence-electron chi connectivity index (χ2n) is 2.83. The van der Waals surface area contributed by atoms with Gasteiger partial charge in [0.15, 0.2) is 0 Å². The molecule has 1 heterocycles. The maximum atomic E-state index is 11.4. The number of pyridine rings is 1. The Balaban J connectivity index is 2.59. The van der Waals surface area contributed by atoms with E-state index < -0.39 is 0 Å². The SMILES string of the molecule is CC(CN)NC(=O)c1ccccn1. The summed E-state index contributed by atoms with van der Waals surface area (Å²) in [5, 5.41) is 2.72. The quantitative estimate of drug-likeness (QED) is 0.694. The Morgan fingerprint density at radius 2 is 2.46 bits per heavy atom. The number of hydrogen-bond acceptors (Lipinski definition) is 3. The largest absolute Gasteiger partial charge is 0.347 e. The van der Waals surface area contributed by atoms with Crippen LogP contribution < -0.4 is 11.1 Å². The van der Waals surface area contributed by atoms with E-state index in [2.05, 4.69) is 10.3 Å². The van der Waals surface area contributed by atoms with E-state index in [-0.39, 0.29) is 11.9 Å². The number of carbonyl (C=O) groups is 1. The fourth-order valence-corrected chi connectivity index (χ4v) is 0.854. The summed E-state index contributed by atoms with van der Waals surface area (Å²) >= 11 is 0. The van der Waals surface area contributed by atoms with Crippen molar-refractivity contribution in [2.24, 2.45) is 5.73 Å². The first kappa shape index (κ1) is 9.67. The van der Waals surface area contributed by atoms with E-state index in [1.807, 2.05) is 6.92 Å². The normalized spacial score (nSPS) is 12.2. The maximum Gasteiger partial charge on any atom is 0.270 e. The standard InChI is InChI=1S/C9H13N3O/c1-7(6-10)12-9(13)8-4-2-3-5-11-8/h2-5,7H,6,10H2,1H3,(H,12,13). The predicted molar refractivity (Wildman–Crippen MR) is 50.2 cm³/mol. The minimum atomic E-state index is -0.182. The molecule has 1 rings (SSSR count). The second-order valence-corrected chi connectivity index (χ2v) is 2.83. The molecule has 1 amide bonds. The molecule has 13 heavy (non-hydrogen) atoms. The van der Waals surface area contributed by atoms with E-state index in [1.54, 1.807) is 24.4 Å². The number of carbonyl (C=O) groups excluding carboxylic acids is 1. The molecule has 1 aromatic rings. The minimum Gasteiger partial charge on any atom is -0.347 e. The Bertz CT molecular complexity index is 273. The fourth-order valence-electron chi connectivity index (χ4n) is 0.854. The minimum absolute atomic E-state index is 0.0190. The summed E-state index contributed by atoms with van der Waals surface area (Å²) in [5.74, 6) is -0.182. The Labute approximate surface area is 77.2 Å². The Hall–Kier alpha value is -1.42. The summed E-state index contributed by atoms with van der Waals surface area (Å²) in [7, 11) is 0. The van der Waals surface area contributed by atoms with Crippen molar-refractivity contribution >= 4 is 5.91 Å². The van der Waals surface area contributed by atoms with Gasteiger partial charge in [0.2, 0.25) is 0 Å². The molecule has 0 spiro atoms. The van der Waals surface area contributed by atoms with Crippen LogP contribution in [0.25, 0.3) is 0 Å². The first-order chi connectivity index (χ1) is 6.24. The average molecular weight is 179 g/mol. The second kappa shape index (κ2) is 4.57. The van der Waals surface area contributed by atoms with Crippen LogP contribution in [0.5, 0.6) is 0 Å². The molecule has 1 aromatic heterocycles. The van der Waals surface area contributed by atoms with Crippen molar-refractivity contribution in [2.75, 3.05) is 6.54 Å². The molecule has 0 aliphatic heterocycles. The van der Waals surface area contributed by atoms with Crippen molar-refractivity contribution in [3.8, 4) is 0 Å². The third-order valence-electron chi connectivity index (χ3n) is 1.63. The molecule has 1 atom stereocenters. The van der Waals surface area contributed by atoms with Gasteiger partial charge in [-0.05, 0) is 19.1 Å². The molecular formula is C9H13N3O. The van der Waals surface area contributed by atoms with Crippen LogP contribution in [0.4, 0.5) is 0 Å². The van der Waals surface area contributed by atoms with Gasteiger partial charge in [-0.25, -0.2) is 0 Å². The van der Waals surface area contributed by atoms with Crippen LogP contribution in [0.2, 0.25) is 0 Å². The van der Waals surface area contributed by atoms with Crippen molar-refractivity contribution in [2.45, 2.75) is 13.0 Å². The van der Waals surface area contributed by atoms with Crippen molar-refractivity contribution in [1.29, 1.82) is 0 Å². The van der Waals surface area contributed by atoms with Gasteiger partial charge in [-0.1, -0.05) is 6.07 Å². The number of rotatable bonds is 3. The zero-order chi connectivity index (χ0) is 9.68. The van der Waals surface area contributed by atoms with Gasteiger partial charge in [0, 0.05) is 18.8 Å². The van der Waals surface area contributed by atoms with E-state index in [0.29, 0.717) is 12.2 Å². The molecule has 0 radical (unpaired) electrons. The summed E-state index contributed by atoms with van der Waals surface area (Å²) in [6.45, 7) is 2.28. The summed E-state index contributed by atoms with van der Waals surface area (Å²) in [4.78, 5) is 15.3. The predicted octanol–water partition coefficient (Wildman–Crippen LogP) is 0.159. The maximum absolute atomic E-state index is 11.4. The van der Waals surface area contributed by atoms with E-state index in [1.165, 1.54) is 0 Å². The third-order valence-corrected chi connectivity index (χ3v) is 1.63. The number of aromatic nitrogens is 1. The van der Waals surface area contributed by atoms with Gasteiger partial charge in [-0.2, -0.15) is 0 Å². The van der Waals surface area contributed by atoms with E-state index in [4.69, 9.17) is 5.73 Å². The van der Waals surface area contributed by atoms with Gasteiger partial charge >= 0.3 is 0 Å². The van der Waals surface area contributed by atoms with Crippen LogP contribution in [0.3, 0.4) is 0 Å². The highest BCUT2D eigenvalue weighted by Gasteiger charge is 2.08. The molecule has 70 valence electrons. The Kier molecular flexibility index (Phi) is 3.40. The van der Waals surface area contributed by atoms with Gasteiger partial charge in [-0.3, -0.25) is 9.78 Å². The van der Waals surface area contributed by atoms with Crippen molar-refractivity contribution < 1.29 is 4.79 Å². The fraction of sp³-hybridized carbons (Fsp3) is 0.333. The van der Waals surface area contributed by atoms with Crippen LogP contribution in [0.1, 0.15) is 17.4 Å². The van der Waals surface area contributed by atoms with Crippen LogP contribution >= 0.6 is 0 Å². The molecular weight excluding hydrogens is 166 g/mol. The lowest BCUT2D eigenvalue weighted by Crippen LogP contribution is -2.38.